The Balaban J connectivity index is 1.78. The van der Waals surface area contributed by atoms with E-state index in [-0.39, 0.29) is 10.1 Å². The van der Waals surface area contributed by atoms with Crippen LogP contribution in [0.4, 0.5) is 0 Å². The molecule has 1 aliphatic rings. The molecular weight excluding hydrogens is 376 g/mol. The number of sulfonamides is 2. The van der Waals surface area contributed by atoms with Gasteiger partial charge >= 0.3 is 0 Å². The molecule has 2 aromatic rings. The molecule has 2 aromatic heterocycles. The lowest BCUT2D eigenvalue weighted by molar-refractivity contribution is 0.339. The van der Waals surface area contributed by atoms with E-state index in [1.165, 1.54) is 24.5 Å². The monoisotopic (exact) mass is 396 g/mol. The summed E-state index contributed by atoms with van der Waals surface area (Å²) in [5, 5.41) is -0.172. The van der Waals surface area contributed by atoms with E-state index in [0.717, 1.165) is 12.8 Å². The number of rotatable bonds is 6. The van der Waals surface area contributed by atoms with Gasteiger partial charge in [-0.3, -0.25) is 0 Å². The van der Waals surface area contributed by atoms with Gasteiger partial charge in [-0.15, -0.1) is 0 Å². The molecule has 0 saturated heterocycles. The predicted molar refractivity (Wildman–Crippen MR) is 95.2 cm³/mol. The fourth-order valence-corrected chi connectivity index (χ4v) is 5.46. The first-order chi connectivity index (χ1) is 12.4. The lowest BCUT2D eigenvalue weighted by atomic mass is 9.92. The molecule has 0 aromatic carbocycles. The summed E-state index contributed by atoms with van der Waals surface area (Å²) in [6.45, 7) is 0. The molecule has 0 bridgehead atoms. The quantitative estimate of drug-likeness (QED) is 0.753. The Bertz CT molecular complexity index is 855. The molecule has 2 atom stereocenters. The van der Waals surface area contributed by atoms with Crippen LogP contribution in [0.25, 0.3) is 0 Å². The smallest absolute Gasteiger partial charge is 0.243 e. The second-order valence-electron chi connectivity index (χ2n) is 6.08. The molecule has 140 valence electrons. The van der Waals surface area contributed by atoms with Crippen LogP contribution >= 0.6 is 0 Å². The van der Waals surface area contributed by atoms with Gasteiger partial charge in [-0.1, -0.05) is 25.0 Å². The van der Waals surface area contributed by atoms with Crippen LogP contribution in [-0.4, -0.2) is 38.9 Å². The molecule has 0 unspecified atom stereocenters. The second kappa shape index (κ2) is 7.78. The SMILES string of the molecule is O=S(=O)(N[C@H]1CCCC[C@@H]1NS(=O)(=O)c1ccccn1)c1ccccn1. The van der Waals surface area contributed by atoms with Crippen LogP contribution in [0, 0.1) is 0 Å². The van der Waals surface area contributed by atoms with E-state index in [9.17, 15) is 16.8 Å². The Morgan fingerprint density at radius 1 is 0.731 bits per heavy atom. The third-order valence-electron chi connectivity index (χ3n) is 4.21. The van der Waals surface area contributed by atoms with E-state index in [1.807, 2.05) is 0 Å². The fourth-order valence-electron chi connectivity index (χ4n) is 2.94. The van der Waals surface area contributed by atoms with Crippen LogP contribution in [0.3, 0.4) is 0 Å². The molecule has 2 heterocycles. The minimum Gasteiger partial charge on any atom is -0.243 e. The topological polar surface area (TPSA) is 118 Å². The summed E-state index contributed by atoms with van der Waals surface area (Å²) in [6, 6.07) is 8.14. The third-order valence-corrected chi connectivity index (χ3v) is 7.02. The Morgan fingerprint density at radius 2 is 1.15 bits per heavy atom. The average molecular weight is 396 g/mol. The molecule has 0 amide bonds. The number of pyridine rings is 2. The van der Waals surface area contributed by atoms with Gasteiger partial charge in [0.05, 0.1) is 0 Å². The summed E-state index contributed by atoms with van der Waals surface area (Å²) in [5.41, 5.74) is 0. The predicted octanol–water partition coefficient (Wildman–Crippen LogP) is 1.04. The molecule has 10 heteroatoms. The molecule has 1 fully saturated rings. The molecule has 0 aliphatic heterocycles. The van der Waals surface area contributed by atoms with Crippen LogP contribution in [-0.2, 0) is 20.0 Å². The van der Waals surface area contributed by atoms with Crippen molar-refractivity contribution in [2.45, 2.75) is 47.8 Å². The molecule has 3 rings (SSSR count). The van der Waals surface area contributed by atoms with Crippen molar-refractivity contribution in [2.75, 3.05) is 0 Å². The normalized spacial score (nSPS) is 21.4. The molecule has 8 nitrogen and oxygen atoms in total. The van der Waals surface area contributed by atoms with Gasteiger partial charge in [0.1, 0.15) is 0 Å². The minimum atomic E-state index is -3.82. The Labute approximate surface area is 153 Å². The number of hydrogen-bond donors (Lipinski definition) is 2. The summed E-state index contributed by atoms with van der Waals surface area (Å²) in [4.78, 5) is 7.73. The van der Waals surface area contributed by atoms with Crippen LogP contribution < -0.4 is 9.44 Å². The lowest BCUT2D eigenvalue weighted by Crippen LogP contribution is -2.53. The summed E-state index contributed by atoms with van der Waals surface area (Å²) in [5.74, 6) is 0. The highest BCUT2D eigenvalue weighted by molar-refractivity contribution is 7.89. The molecule has 0 spiro atoms. The number of hydrogen-bond acceptors (Lipinski definition) is 6. The third kappa shape index (κ3) is 4.44. The van der Waals surface area contributed by atoms with Crippen molar-refractivity contribution in [2.24, 2.45) is 0 Å². The summed E-state index contributed by atoms with van der Waals surface area (Å²) in [7, 11) is -7.65. The molecular formula is C16H20N4O4S2. The first-order valence-electron chi connectivity index (χ1n) is 8.25. The molecule has 26 heavy (non-hydrogen) atoms. The highest BCUT2D eigenvalue weighted by Crippen LogP contribution is 2.22. The summed E-state index contributed by atoms with van der Waals surface area (Å²) < 4.78 is 55.3. The van der Waals surface area contributed by atoms with E-state index < -0.39 is 32.1 Å². The van der Waals surface area contributed by atoms with Crippen LogP contribution in [0.5, 0.6) is 0 Å². The zero-order chi connectivity index (χ0) is 18.6. The molecule has 0 radical (unpaired) electrons. The van der Waals surface area contributed by atoms with Gasteiger partial charge in [0.25, 0.3) is 20.0 Å². The van der Waals surface area contributed by atoms with Gasteiger partial charge in [0.2, 0.25) is 0 Å². The van der Waals surface area contributed by atoms with Crippen LogP contribution in [0.15, 0.2) is 58.8 Å². The average Bonchev–Trinajstić information content (AvgIpc) is 2.64. The summed E-state index contributed by atoms with van der Waals surface area (Å²) >= 11 is 0. The summed E-state index contributed by atoms with van der Waals surface area (Å²) in [6.07, 6.45) is 5.52. The molecule has 1 aliphatic carbocycles. The maximum atomic E-state index is 12.5. The van der Waals surface area contributed by atoms with Gasteiger partial charge in [-0.05, 0) is 37.1 Å². The maximum Gasteiger partial charge on any atom is 0.258 e. The van der Waals surface area contributed by atoms with E-state index in [2.05, 4.69) is 19.4 Å². The molecule has 1 saturated carbocycles. The Hall–Kier alpha value is -1.88. The van der Waals surface area contributed by atoms with Crippen molar-refractivity contribution in [3.05, 3.63) is 48.8 Å². The van der Waals surface area contributed by atoms with Crippen molar-refractivity contribution < 1.29 is 16.8 Å². The molecule has 2 N–H and O–H groups in total. The number of nitrogens with zero attached hydrogens (tertiary/aromatic N) is 2. The second-order valence-corrected chi connectivity index (χ2v) is 9.40. The van der Waals surface area contributed by atoms with Crippen molar-refractivity contribution in [3.63, 3.8) is 0 Å². The largest absolute Gasteiger partial charge is 0.258 e. The van der Waals surface area contributed by atoms with Crippen LogP contribution in [0.1, 0.15) is 25.7 Å². The lowest BCUT2D eigenvalue weighted by Gasteiger charge is -2.32. The van der Waals surface area contributed by atoms with E-state index in [0.29, 0.717) is 12.8 Å². The number of nitrogens with one attached hydrogen (secondary N) is 2. The van der Waals surface area contributed by atoms with Gasteiger partial charge in [-0.25, -0.2) is 36.2 Å². The zero-order valence-electron chi connectivity index (χ0n) is 13.9. The Kier molecular flexibility index (Phi) is 5.66. The highest BCUT2D eigenvalue weighted by atomic mass is 32.2. The minimum absolute atomic E-state index is 0.0862. The van der Waals surface area contributed by atoms with Gasteiger partial charge in [0, 0.05) is 24.5 Å². The first kappa shape index (κ1) is 18.9. The fraction of sp³-hybridized carbons (Fsp3) is 0.375. The van der Waals surface area contributed by atoms with Gasteiger partial charge < -0.3 is 0 Å². The maximum absolute atomic E-state index is 12.5. The highest BCUT2D eigenvalue weighted by Gasteiger charge is 2.33. The zero-order valence-corrected chi connectivity index (χ0v) is 15.6. The van der Waals surface area contributed by atoms with Crippen molar-refractivity contribution in [1.29, 1.82) is 0 Å². The standard InChI is InChI=1S/C16H20N4O4S2/c21-25(22,15-9-3-5-11-17-15)19-13-7-1-2-8-14(13)20-26(23,24)16-10-4-6-12-18-16/h3-6,9-14,19-20H,1-2,7-8H2/t13-,14-/m0/s1. The van der Waals surface area contributed by atoms with Gasteiger partial charge in [0.15, 0.2) is 10.1 Å². The first-order valence-corrected chi connectivity index (χ1v) is 11.2. The van der Waals surface area contributed by atoms with E-state index in [4.69, 9.17) is 0 Å². The van der Waals surface area contributed by atoms with E-state index >= 15 is 0 Å². The van der Waals surface area contributed by atoms with Crippen molar-refractivity contribution in [1.82, 2.24) is 19.4 Å². The van der Waals surface area contributed by atoms with Crippen molar-refractivity contribution >= 4 is 20.0 Å². The van der Waals surface area contributed by atoms with Crippen LogP contribution in [0.2, 0.25) is 0 Å². The van der Waals surface area contributed by atoms with Crippen molar-refractivity contribution in [3.8, 4) is 0 Å². The van der Waals surface area contributed by atoms with Gasteiger partial charge in [-0.2, -0.15) is 0 Å². The Morgan fingerprint density at radius 3 is 1.50 bits per heavy atom. The van der Waals surface area contributed by atoms with E-state index in [1.54, 1.807) is 24.3 Å². The number of aromatic nitrogens is 2.